The first-order chi connectivity index (χ1) is 9.29. The molecule has 1 saturated heterocycles. The van der Waals surface area contributed by atoms with Crippen LogP contribution >= 0.6 is 0 Å². The van der Waals surface area contributed by atoms with Crippen LogP contribution in [0.3, 0.4) is 0 Å². The molecule has 1 aliphatic heterocycles. The Morgan fingerprint density at radius 1 is 1.25 bits per heavy atom. The lowest BCUT2D eigenvalue weighted by Crippen LogP contribution is -2.45. The van der Waals surface area contributed by atoms with E-state index < -0.39 is 28.7 Å². The maximum absolute atomic E-state index is 12.5. The highest BCUT2D eigenvalue weighted by atomic mass is 19.4. The molecule has 5 nitrogen and oxygen atoms in total. The first-order valence-corrected chi connectivity index (χ1v) is 5.89. The molecule has 0 saturated carbocycles. The fraction of sp³-hybridized carbons (Fsp3) is 0.417. The second kappa shape index (κ2) is 5.10. The van der Waals surface area contributed by atoms with Crippen LogP contribution in [0.5, 0.6) is 0 Å². The van der Waals surface area contributed by atoms with Crippen molar-refractivity contribution in [3.05, 3.63) is 45.5 Å². The molecule has 2 atom stereocenters. The van der Waals surface area contributed by atoms with Gasteiger partial charge in [-0.15, -0.1) is 0 Å². The third-order valence-electron chi connectivity index (χ3n) is 3.24. The number of benzene rings is 1. The number of hydrogen-bond acceptors (Lipinski definition) is 3. The number of rotatable bonds is 2. The zero-order chi connectivity index (χ0) is 14.9. The molecule has 0 unspecified atom stereocenters. The van der Waals surface area contributed by atoms with Gasteiger partial charge >= 0.3 is 6.18 Å². The number of nitrogens with one attached hydrogen (secondary N) is 1. The molecule has 0 aliphatic carbocycles. The largest absolute Gasteiger partial charge is 0.416 e. The van der Waals surface area contributed by atoms with Gasteiger partial charge in [-0.1, -0.05) is 12.1 Å². The Kier molecular flexibility index (Phi) is 3.65. The maximum Gasteiger partial charge on any atom is 0.416 e. The molecule has 0 radical (unpaired) electrons. The van der Waals surface area contributed by atoms with E-state index in [2.05, 4.69) is 5.32 Å². The summed E-state index contributed by atoms with van der Waals surface area (Å²) in [6.07, 6.45) is -4.34. The summed E-state index contributed by atoms with van der Waals surface area (Å²) in [6.45, 7) is 0. The molecule has 1 heterocycles. The molecule has 1 N–H and O–H groups in total. The maximum atomic E-state index is 12.5. The summed E-state index contributed by atoms with van der Waals surface area (Å²) in [6, 6.07) is 2.11. The van der Waals surface area contributed by atoms with E-state index in [0.29, 0.717) is 5.56 Å². The van der Waals surface area contributed by atoms with Crippen molar-refractivity contribution in [2.75, 3.05) is 0 Å². The average Bonchev–Trinajstić information content (AvgIpc) is 2.37. The summed E-state index contributed by atoms with van der Waals surface area (Å²) >= 11 is 0. The second-order valence-electron chi connectivity index (χ2n) is 4.56. The molecule has 1 amide bonds. The second-order valence-corrected chi connectivity index (χ2v) is 4.56. The zero-order valence-corrected chi connectivity index (χ0v) is 10.2. The van der Waals surface area contributed by atoms with Gasteiger partial charge in [0.1, 0.15) is 6.04 Å². The van der Waals surface area contributed by atoms with Crippen molar-refractivity contribution in [1.29, 1.82) is 0 Å². The van der Waals surface area contributed by atoms with Crippen LogP contribution in [-0.4, -0.2) is 16.9 Å². The Morgan fingerprint density at radius 3 is 2.35 bits per heavy atom. The monoisotopic (exact) mass is 288 g/mol. The van der Waals surface area contributed by atoms with Crippen molar-refractivity contribution in [3.63, 3.8) is 0 Å². The van der Waals surface area contributed by atoms with Gasteiger partial charge in [0.05, 0.1) is 5.56 Å². The summed E-state index contributed by atoms with van der Waals surface area (Å²) in [4.78, 5) is 21.8. The number of halogens is 3. The van der Waals surface area contributed by atoms with Gasteiger partial charge in [0, 0.05) is 17.8 Å². The van der Waals surface area contributed by atoms with Gasteiger partial charge in [-0.05, 0) is 17.7 Å². The van der Waals surface area contributed by atoms with E-state index in [0.717, 1.165) is 24.3 Å². The highest BCUT2D eigenvalue weighted by Gasteiger charge is 2.38. The highest BCUT2D eigenvalue weighted by molar-refractivity contribution is 5.77. The summed E-state index contributed by atoms with van der Waals surface area (Å²) in [5.74, 6) is -0.340. The van der Waals surface area contributed by atoms with E-state index in [1.165, 1.54) is 0 Å². The standard InChI is InChI=1S/C12H11F3N2O3/c13-12(14,15)8-3-1-7(2-4-8)11-9(17(19)20)5-6-10(18)16-11/h1-4,9,11H,5-6H2,(H,16,18)/t9-,11+/m1/s1. The average molecular weight is 288 g/mol. The number of nitrogens with zero attached hydrogens (tertiary/aromatic N) is 1. The quantitative estimate of drug-likeness (QED) is 0.670. The molecule has 1 fully saturated rings. The van der Waals surface area contributed by atoms with Gasteiger partial charge in [0.15, 0.2) is 0 Å². The molecule has 1 aromatic rings. The Bertz CT molecular complexity index is 528. The zero-order valence-electron chi connectivity index (χ0n) is 10.2. The Labute approximate surface area is 111 Å². The third-order valence-corrected chi connectivity index (χ3v) is 3.24. The van der Waals surface area contributed by atoms with Gasteiger partial charge in [-0.25, -0.2) is 0 Å². The minimum atomic E-state index is -4.46. The summed E-state index contributed by atoms with van der Waals surface area (Å²) in [7, 11) is 0. The van der Waals surface area contributed by atoms with E-state index >= 15 is 0 Å². The number of alkyl halides is 3. The normalized spacial score (nSPS) is 23.2. The molecular formula is C12H11F3N2O3. The molecule has 20 heavy (non-hydrogen) atoms. The van der Waals surface area contributed by atoms with Crippen LogP contribution in [0.2, 0.25) is 0 Å². The smallest absolute Gasteiger partial charge is 0.343 e. The number of piperidine rings is 1. The number of nitro groups is 1. The van der Waals surface area contributed by atoms with Crippen LogP contribution in [-0.2, 0) is 11.0 Å². The number of carbonyl (C=O) groups is 1. The van der Waals surface area contributed by atoms with E-state index in [-0.39, 0.29) is 18.7 Å². The fourth-order valence-corrected chi connectivity index (χ4v) is 2.20. The first-order valence-electron chi connectivity index (χ1n) is 5.89. The van der Waals surface area contributed by atoms with Crippen LogP contribution in [0.4, 0.5) is 13.2 Å². The van der Waals surface area contributed by atoms with Crippen molar-refractivity contribution in [2.24, 2.45) is 0 Å². The van der Waals surface area contributed by atoms with Crippen molar-refractivity contribution in [2.45, 2.75) is 31.1 Å². The van der Waals surface area contributed by atoms with Crippen LogP contribution in [0.25, 0.3) is 0 Å². The summed E-state index contributed by atoms with van der Waals surface area (Å²) in [5.41, 5.74) is -0.534. The van der Waals surface area contributed by atoms with E-state index in [4.69, 9.17) is 0 Å². The Hall–Kier alpha value is -2.12. The summed E-state index contributed by atoms with van der Waals surface area (Å²) < 4.78 is 37.4. The van der Waals surface area contributed by atoms with Crippen molar-refractivity contribution in [1.82, 2.24) is 5.32 Å². The minimum absolute atomic E-state index is 0.0444. The van der Waals surface area contributed by atoms with Gasteiger partial charge < -0.3 is 5.32 Å². The van der Waals surface area contributed by atoms with Gasteiger partial charge in [0.25, 0.3) is 0 Å². The van der Waals surface area contributed by atoms with Crippen LogP contribution in [0.1, 0.15) is 30.0 Å². The fourth-order valence-electron chi connectivity index (χ4n) is 2.20. The molecule has 1 aliphatic rings. The molecule has 108 valence electrons. The lowest BCUT2D eigenvalue weighted by Gasteiger charge is -2.26. The molecule has 0 spiro atoms. The predicted molar refractivity (Wildman–Crippen MR) is 62.3 cm³/mol. The van der Waals surface area contributed by atoms with E-state index in [1.54, 1.807) is 0 Å². The molecular weight excluding hydrogens is 277 g/mol. The molecule has 0 aromatic heterocycles. The lowest BCUT2D eigenvalue weighted by molar-refractivity contribution is -0.529. The number of amides is 1. The van der Waals surface area contributed by atoms with Gasteiger partial charge in [-0.3, -0.25) is 14.9 Å². The number of hydrogen-bond donors (Lipinski definition) is 1. The number of carbonyl (C=O) groups excluding carboxylic acids is 1. The van der Waals surface area contributed by atoms with E-state index in [1.807, 2.05) is 0 Å². The molecule has 2 rings (SSSR count). The van der Waals surface area contributed by atoms with E-state index in [9.17, 15) is 28.1 Å². The molecule has 1 aromatic carbocycles. The Morgan fingerprint density at radius 2 is 1.85 bits per heavy atom. The SMILES string of the molecule is O=C1CC[C@@H]([N+](=O)[O-])[C@H](c2ccc(C(F)(F)F)cc2)N1. The topological polar surface area (TPSA) is 72.2 Å². The van der Waals surface area contributed by atoms with Crippen LogP contribution < -0.4 is 5.32 Å². The highest BCUT2D eigenvalue weighted by Crippen LogP contribution is 2.32. The van der Waals surface area contributed by atoms with Crippen LogP contribution in [0, 0.1) is 10.1 Å². The van der Waals surface area contributed by atoms with Crippen LogP contribution in [0.15, 0.2) is 24.3 Å². The first kappa shape index (κ1) is 14.3. The predicted octanol–water partition coefficient (Wildman–Crippen LogP) is 2.30. The van der Waals surface area contributed by atoms with Crippen molar-refractivity contribution >= 4 is 5.91 Å². The summed E-state index contributed by atoms with van der Waals surface area (Å²) in [5, 5.41) is 13.4. The lowest BCUT2D eigenvalue weighted by atomic mass is 9.92. The van der Waals surface area contributed by atoms with Crippen molar-refractivity contribution in [3.8, 4) is 0 Å². The molecule has 8 heteroatoms. The van der Waals surface area contributed by atoms with Crippen molar-refractivity contribution < 1.29 is 22.9 Å². The molecule has 0 bridgehead atoms. The van der Waals surface area contributed by atoms with Gasteiger partial charge in [0.2, 0.25) is 11.9 Å². The third kappa shape index (κ3) is 2.89. The Balaban J connectivity index is 2.28. The minimum Gasteiger partial charge on any atom is -0.343 e. The van der Waals surface area contributed by atoms with Gasteiger partial charge in [-0.2, -0.15) is 13.2 Å².